The molecule has 0 N–H and O–H groups in total. The van der Waals surface area contributed by atoms with Crippen molar-refractivity contribution in [1.29, 1.82) is 0 Å². The third-order valence-corrected chi connectivity index (χ3v) is 4.82. The molecule has 0 amide bonds. The first-order valence-corrected chi connectivity index (χ1v) is 9.18. The Morgan fingerprint density at radius 2 is 1.71 bits per heavy atom. The molecule has 0 spiro atoms. The number of hydrogen-bond donors (Lipinski definition) is 0. The van der Waals surface area contributed by atoms with Crippen LogP contribution < -0.4 is 4.74 Å². The van der Waals surface area contributed by atoms with E-state index >= 15 is 0 Å². The minimum absolute atomic E-state index is 0.0660. The summed E-state index contributed by atoms with van der Waals surface area (Å²) < 4.78 is 7.02. The molecule has 2 aromatic carbocycles. The zero-order valence-corrected chi connectivity index (χ0v) is 16.5. The van der Waals surface area contributed by atoms with Gasteiger partial charge >= 0.3 is 0 Å². The molecule has 2 aromatic rings. The van der Waals surface area contributed by atoms with Crippen molar-refractivity contribution < 1.29 is 9.53 Å². The average molecular weight is 434 g/mol. The first-order valence-electron chi connectivity index (χ1n) is 8.10. The van der Waals surface area contributed by atoms with Crippen LogP contribution in [0.1, 0.15) is 31.9 Å². The monoisotopic (exact) mass is 434 g/mol. The fourth-order valence-electron chi connectivity index (χ4n) is 2.31. The van der Waals surface area contributed by atoms with Gasteiger partial charge in [0, 0.05) is 9.49 Å². The molecule has 0 radical (unpaired) electrons. The van der Waals surface area contributed by atoms with E-state index in [1.54, 1.807) is 6.92 Å². The Labute approximate surface area is 158 Å². The lowest BCUT2D eigenvalue weighted by Crippen LogP contribution is -2.09. The van der Waals surface area contributed by atoms with Crippen molar-refractivity contribution in [2.45, 2.75) is 27.2 Å². The summed E-state index contributed by atoms with van der Waals surface area (Å²) in [4.78, 5) is 11.3. The van der Waals surface area contributed by atoms with Crippen LogP contribution in [0, 0.1) is 9.49 Å². The molecule has 126 valence electrons. The summed E-state index contributed by atoms with van der Waals surface area (Å²) in [5.41, 5.74) is 3.58. The molecule has 0 bridgehead atoms. The molecule has 1 atom stereocenters. The second-order valence-electron chi connectivity index (χ2n) is 6.06. The Hall–Kier alpha value is -1.62. The standard InChI is InChI=1S/C21H23IO2/c1-15(19-6-8-20(22)9-7-19)12-13-24-21-10-4-18(5-11-21)14-16(2)17(3)23/h4-12,16H,13-14H2,1-3H3/b15-12+. The number of ether oxygens (including phenoxy) is 1. The molecule has 3 heteroatoms. The molecule has 0 heterocycles. The van der Waals surface area contributed by atoms with E-state index in [-0.39, 0.29) is 11.7 Å². The molecule has 2 nitrogen and oxygen atoms in total. The van der Waals surface area contributed by atoms with Crippen LogP contribution in [0.25, 0.3) is 5.57 Å². The molecule has 0 aliphatic heterocycles. The van der Waals surface area contributed by atoms with Gasteiger partial charge in [0.2, 0.25) is 0 Å². The van der Waals surface area contributed by atoms with Crippen molar-refractivity contribution in [2.24, 2.45) is 5.92 Å². The highest BCUT2D eigenvalue weighted by Crippen LogP contribution is 2.18. The summed E-state index contributed by atoms with van der Waals surface area (Å²) in [5, 5.41) is 0. The molecule has 1 unspecified atom stereocenters. The van der Waals surface area contributed by atoms with Crippen molar-refractivity contribution >= 4 is 33.9 Å². The first-order chi connectivity index (χ1) is 11.5. The molecule has 0 aromatic heterocycles. The van der Waals surface area contributed by atoms with E-state index in [0.717, 1.165) is 17.7 Å². The summed E-state index contributed by atoms with van der Waals surface area (Å²) in [6, 6.07) is 16.5. The second-order valence-corrected chi connectivity index (χ2v) is 7.31. The lowest BCUT2D eigenvalue weighted by atomic mass is 9.98. The number of carbonyl (C=O) groups excluding carboxylic acids is 1. The van der Waals surface area contributed by atoms with Gasteiger partial charge in [0.15, 0.2) is 0 Å². The average Bonchev–Trinajstić information content (AvgIpc) is 2.56. The largest absolute Gasteiger partial charge is 0.490 e. The predicted octanol–water partition coefficient (Wildman–Crippen LogP) is 5.54. The Bertz CT molecular complexity index is 700. The molecule has 0 aliphatic rings. The summed E-state index contributed by atoms with van der Waals surface area (Å²) in [7, 11) is 0. The van der Waals surface area contributed by atoms with Crippen molar-refractivity contribution in [3.05, 3.63) is 69.3 Å². The van der Waals surface area contributed by atoms with Gasteiger partial charge in [-0.05, 0) is 89.9 Å². The zero-order chi connectivity index (χ0) is 17.5. The van der Waals surface area contributed by atoms with E-state index in [2.05, 4.69) is 59.9 Å². The predicted molar refractivity (Wildman–Crippen MR) is 108 cm³/mol. The summed E-state index contributed by atoms with van der Waals surface area (Å²) >= 11 is 2.31. The number of allylic oxidation sites excluding steroid dienone is 1. The first kappa shape index (κ1) is 18.7. The van der Waals surface area contributed by atoms with Gasteiger partial charge in [-0.1, -0.05) is 31.2 Å². The van der Waals surface area contributed by atoms with Crippen molar-refractivity contribution in [2.75, 3.05) is 6.61 Å². The van der Waals surface area contributed by atoms with E-state index in [4.69, 9.17) is 4.74 Å². The van der Waals surface area contributed by atoms with Gasteiger partial charge in [-0.25, -0.2) is 0 Å². The quantitative estimate of drug-likeness (QED) is 0.535. The molecular weight excluding hydrogens is 411 g/mol. The number of carbonyl (C=O) groups is 1. The molecular formula is C21H23IO2. The normalized spacial score (nSPS) is 12.8. The molecule has 2 rings (SSSR count). The second kappa shape index (κ2) is 9.02. The van der Waals surface area contributed by atoms with Crippen molar-refractivity contribution in [3.8, 4) is 5.75 Å². The minimum Gasteiger partial charge on any atom is -0.490 e. The fourth-order valence-corrected chi connectivity index (χ4v) is 2.67. The third-order valence-electron chi connectivity index (χ3n) is 4.10. The van der Waals surface area contributed by atoms with E-state index in [1.807, 2.05) is 31.2 Å². The number of hydrogen-bond acceptors (Lipinski definition) is 2. The van der Waals surface area contributed by atoms with Gasteiger partial charge in [0.05, 0.1) is 0 Å². The summed E-state index contributed by atoms with van der Waals surface area (Å²) in [5.74, 6) is 1.14. The number of rotatable bonds is 7. The van der Waals surface area contributed by atoms with Gasteiger partial charge < -0.3 is 4.74 Å². The number of benzene rings is 2. The Morgan fingerprint density at radius 1 is 1.08 bits per heavy atom. The number of halogens is 1. The van der Waals surface area contributed by atoms with Crippen LogP contribution in [0.3, 0.4) is 0 Å². The highest BCUT2D eigenvalue weighted by Gasteiger charge is 2.08. The highest BCUT2D eigenvalue weighted by molar-refractivity contribution is 14.1. The maximum atomic E-state index is 11.3. The van der Waals surface area contributed by atoms with Crippen molar-refractivity contribution in [3.63, 3.8) is 0 Å². The Morgan fingerprint density at radius 3 is 2.29 bits per heavy atom. The van der Waals surface area contributed by atoms with Crippen LogP contribution in [0.4, 0.5) is 0 Å². The lowest BCUT2D eigenvalue weighted by Gasteiger charge is -2.09. The van der Waals surface area contributed by atoms with Gasteiger partial charge in [0.25, 0.3) is 0 Å². The lowest BCUT2D eigenvalue weighted by molar-refractivity contribution is -0.120. The van der Waals surface area contributed by atoms with E-state index in [0.29, 0.717) is 6.61 Å². The van der Waals surface area contributed by atoms with Crippen LogP contribution in [0.15, 0.2) is 54.6 Å². The highest BCUT2D eigenvalue weighted by atomic mass is 127. The smallest absolute Gasteiger partial charge is 0.132 e. The fraction of sp³-hybridized carbons (Fsp3) is 0.286. The van der Waals surface area contributed by atoms with Crippen molar-refractivity contribution in [1.82, 2.24) is 0 Å². The van der Waals surface area contributed by atoms with Crippen LogP contribution >= 0.6 is 22.6 Å². The Balaban J connectivity index is 1.89. The van der Waals surface area contributed by atoms with E-state index in [1.165, 1.54) is 14.7 Å². The van der Waals surface area contributed by atoms with Crippen LogP contribution in [0.2, 0.25) is 0 Å². The number of ketones is 1. The summed E-state index contributed by atoms with van der Waals surface area (Å²) in [6.07, 6.45) is 2.87. The molecule has 0 saturated heterocycles. The van der Waals surface area contributed by atoms with Gasteiger partial charge in [-0.3, -0.25) is 4.79 Å². The van der Waals surface area contributed by atoms with Gasteiger partial charge in [0.1, 0.15) is 18.1 Å². The maximum Gasteiger partial charge on any atom is 0.132 e. The molecule has 0 fully saturated rings. The maximum absolute atomic E-state index is 11.3. The molecule has 24 heavy (non-hydrogen) atoms. The summed E-state index contributed by atoms with van der Waals surface area (Å²) in [6.45, 7) is 6.24. The third kappa shape index (κ3) is 5.78. The topological polar surface area (TPSA) is 26.3 Å². The molecule has 0 saturated carbocycles. The number of Topliss-reactive ketones (excluding diaryl/α,β-unsaturated/α-hetero) is 1. The van der Waals surface area contributed by atoms with E-state index in [9.17, 15) is 4.79 Å². The van der Waals surface area contributed by atoms with Gasteiger partial charge in [-0.2, -0.15) is 0 Å². The SMILES string of the molecule is CC(=O)C(C)Cc1ccc(OC/C=C(\C)c2ccc(I)cc2)cc1. The van der Waals surface area contributed by atoms with E-state index < -0.39 is 0 Å². The zero-order valence-electron chi connectivity index (χ0n) is 14.4. The molecule has 0 aliphatic carbocycles. The van der Waals surface area contributed by atoms with Gasteiger partial charge in [-0.15, -0.1) is 0 Å². The van der Waals surface area contributed by atoms with Crippen LogP contribution in [0.5, 0.6) is 5.75 Å². The minimum atomic E-state index is 0.0660. The van der Waals surface area contributed by atoms with Crippen LogP contribution in [-0.2, 0) is 11.2 Å². The Kier molecular flexibility index (Phi) is 7.03. The van der Waals surface area contributed by atoms with Crippen LogP contribution in [-0.4, -0.2) is 12.4 Å².